The lowest BCUT2D eigenvalue weighted by atomic mass is 9.94. The van der Waals surface area contributed by atoms with Gasteiger partial charge in [0.25, 0.3) is 0 Å². The fourth-order valence-electron chi connectivity index (χ4n) is 3.64. The Kier molecular flexibility index (Phi) is 7.63. The van der Waals surface area contributed by atoms with Crippen molar-refractivity contribution in [2.75, 3.05) is 31.7 Å². The first kappa shape index (κ1) is 18.5. The predicted molar refractivity (Wildman–Crippen MR) is 96.4 cm³/mol. The number of halogens is 1. The molecular weight excluding hydrogens is 312 g/mol. The van der Waals surface area contributed by atoms with E-state index >= 15 is 0 Å². The van der Waals surface area contributed by atoms with Crippen molar-refractivity contribution in [2.45, 2.75) is 44.9 Å². The van der Waals surface area contributed by atoms with Gasteiger partial charge in [-0.1, -0.05) is 18.6 Å². The third-order valence-electron chi connectivity index (χ3n) is 4.82. The second kappa shape index (κ2) is 9.48. The zero-order valence-electron chi connectivity index (χ0n) is 13.9. The first-order valence-electron chi connectivity index (χ1n) is 8.61. The standard InChI is InChI=1S/C18H28N2O2.ClH/c1-2-21-12-14-6-8-15(9-7-14)20-17-5-3-4-16(17)18-13-22-11-10-19-18;/h6-9,16-20H,2-5,10-13H2,1H3;1H. The fraction of sp³-hybridized carbons (Fsp3) is 0.667. The minimum atomic E-state index is 0. The minimum absolute atomic E-state index is 0. The highest BCUT2D eigenvalue weighted by molar-refractivity contribution is 5.85. The largest absolute Gasteiger partial charge is 0.382 e. The van der Waals surface area contributed by atoms with Gasteiger partial charge >= 0.3 is 0 Å². The second-order valence-electron chi connectivity index (χ2n) is 6.32. The maximum atomic E-state index is 5.64. The molecule has 23 heavy (non-hydrogen) atoms. The normalized spacial score (nSPS) is 27.4. The van der Waals surface area contributed by atoms with Crippen molar-refractivity contribution in [3.8, 4) is 0 Å². The fourth-order valence-corrected chi connectivity index (χ4v) is 3.64. The van der Waals surface area contributed by atoms with Crippen LogP contribution in [0.25, 0.3) is 0 Å². The molecule has 1 aliphatic heterocycles. The number of benzene rings is 1. The van der Waals surface area contributed by atoms with Crippen LogP contribution in [-0.2, 0) is 16.1 Å². The summed E-state index contributed by atoms with van der Waals surface area (Å²) in [6, 6.07) is 9.72. The van der Waals surface area contributed by atoms with E-state index in [0.29, 0.717) is 24.6 Å². The highest BCUT2D eigenvalue weighted by atomic mass is 35.5. The molecule has 0 spiro atoms. The summed E-state index contributed by atoms with van der Waals surface area (Å²) in [6.07, 6.45) is 3.85. The van der Waals surface area contributed by atoms with Crippen LogP contribution < -0.4 is 10.6 Å². The molecule has 1 heterocycles. The van der Waals surface area contributed by atoms with Crippen LogP contribution in [0.2, 0.25) is 0 Å². The van der Waals surface area contributed by atoms with E-state index in [1.54, 1.807) is 0 Å². The Morgan fingerprint density at radius 2 is 2.09 bits per heavy atom. The van der Waals surface area contributed by atoms with Crippen LogP contribution in [0.4, 0.5) is 5.69 Å². The van der Waals surface area contributed by atoms with Crippen LogP contribution in [0.15, 0.2) is 24.3 Å². The summed E-state index contributed by atoms with van der Waals surface area (Å²) in [7, 11) is 0. The van der Waals surface area contributed by atoms with Crippen molar-refractivity contribution in [1.29, 1.82) is 0 Å². The zero-order chi connectivity index (χ0) is 15.2. The molecule has 0 aromatic heterocycles. The van der Waals surface area contributed by atoms with Crippen LogP contribution in [0, 0.1) is 5.92 Å². The van der Waals surface area contributed by atoms with Crippen molar-refractivity contribution in [3.63, 3.8) is 0 Å². The predicted octanol–water partition coefficient (Wildman–Crippen LogP) is 3.21. The molecule has 1 aromatic carbocycles. The van der Waals surface area contributed by atoms with E-state index in [0.717, 1.165) is 26.4 Å². The molecule has 0 radical (unpaired) electrons. The van der Waals surface area contributed by atoms with Crippen molar-refractivity contribution in [3.05, 3.63) is 29.8 Å². The van der Waals surface area contributed by atoms with E-state index < -0.39 is 0 Å². The van der Waals surface area contributed by atoms with Crippen molar-refractivity contribution in [1.82, 2.24) is 5.32 Å². The summed E-state index contributed by atoms with van der Waals surface area (Å²) in [5.74, 6) is 0.670. The third-order valence-corrected chi connectivity index (χ3v) is 4.82. The molecule has 2 aliphatic rings. The summed E-state index contributed by atoms with van der Waals surface area (Å²) < 4.78 is 11.1. The lowest BCUT2D eigenvalue weighted by molar-refractivity contribution is 0.0559. The van der Waals surface area contributed by atoms with Gasteiger partial charge in [0, 0.05) is 30.9 Å². The lowest BCUT2D eigenvalue weighted by Gasteiger charge is -2.33. The van der Waals surface area contributed by atoms with Gasteiger partial charge in [-0.2, -0.15) is 0 Å². The van der Waals surface area contributed by atoms with Gasteiger partial charge in [-0.05, 0) is 43.4 Å². The zero-order valence-corrected chi connectivity index (χ0v) is 14.7. The summed E-state index contributed by atoms with van der Waals surface area (Å²) >= 11 is 0. The summed E-state index contributed by atoms with van der Waals surface area (Å²) in [5, 5.41) is 7.36. The number of morpholine rings is 1. The molecular formula is C18H29ClN2O2. The number of rotatable bonds is 6. The number of nitrogens with one attached hydrogen (secondary N) is 2. The molecule has 0 amide bonds. The van der Waals surface area contributed by atoms with Crippen LogP contribution in [-0.4, -0.2) is 38.4 Å². The quantitative estimate of drug-likeness (QED) is 0.834. The minimum Gasteiger partial charge on any atom is -0.382 e. The van der Waals surface area contributed by atoms with Gasteiger partial charge in [0.15, 0.2) is 0 Å². The lowest BCUT2D eigenvalue weighted by Crippen LogP contribution is -2.49. The molecule has 0 bridgehead atoms. The molecule has 1 aromatic rings. The topological polar surface area (TPSA) is 42.5 Å². The Morgan fingerprint density at radius 1 is 1.26 bits per heavy atom. The van der Waals surface area contributed by atoms with E-state index in [9.17, 15) is 0 Å². The molecule has 1 aliphatic carbocycles. The maximum Gasteiger partial charge on any atom is 0.0716 e. The molecule has 1 saturated carbocycles. The smallest absolute Gasteiger partial charge is 0.0716 e. The highest BCUT2D eigenvalue weighted by Gasteiger charge is 2.34. The van der Waals surface area contributed by atoms with Gasteiger partial charge in [0.05, 0.1) is 19.8 Å². The van der Waals surface area contributed by atoms with E-state index in [2.05, 4.69) is 34.9 Å². The Hall–Kier alpha value is -0.810. The highest BCUT2D eigenvalue weighted by Crippen LogP contribution is 2.32. The molecule has 130 valence electrons. The average Bonchev–Trinajstić information content (AvgIpc) is 3.03. The molecule has 2 N–H and O–H groups in total. The van der Waals surface area contributed by atoms with Gasteiger partial charge < -0.3 is 20.1 Å². The van der Waals surface area contributed by atoms with Crippen LogP contribution in [0.3, 0.4) is 0 Å². The molecule has 5 heteroatoms. The van der Waals surface area contributed by atoms with Crippen LogP contribution in [0.1, 0.15) is 31.7 Å². The summed E-state index contributed by atoms with van der Waals surface area (Å²) in [4.78, 5) is 0. The van der Waals surface area contributed by atoms with Crippen molar-refractivity contribution in [2.24, 2.45) is 5.92 Å². The number of hydrogen-bond donors (Lipinski definition) is 2. The monoisotopic (exact) mass is 340 g/mol. The summed E-state index contributed by atoms with van der Waals surface area (Å²) in [5.41, 5.74) is 2.45. The number of ether oxygens (including phenoxy) is 2. The molecule has 3 unspecified atom stereocenters. The Balaban J connectivity index is 0.00000192. The Labute approximate surface area is 145 Å². The van der Waals surface area contributed by atoms with E-state index in [1.165, 1.54) is 30.5 Å². The molecule has 4 nitrogen and oxygen atoms in total. The second-order valence-corrected chi connectivity index (χ2v) is 6.32. The van der Waals surface area contributed by atoms with Crippen LogP contribution in [0.5, 0.6) is 0 Å². The third kappa shape index (κ3) is 5.08. The molecule has 2 fully saturated rings. The van der Waals surface area contributed by atoms with Gasteiger partial charge in [0.1, 0.15) is 0 Å². The first-order valence-corrected chi connectivity index (χ1v) is 8.61. The Morgan fingerprint density at radius 3 is 2.78 bits per heavy atom. The van der Waals surface area contributed by atoms with Gasteiger partial charge in [-0.15, -0.1) is 12.4 Å². The van der Waals surface area contributed by atoms with Gasteiger partial charge in [-0.25, -0.2) is 0 Å². The first-order chi connectivity index (χ1) is 10.9. The Bertz CT molecular complexity index is 449. The van der Waals surface area contributed by atoms with Gasteiger partial charge in [-0.3, -0.25) is 0 Å². The maximum absolute atomic E-state index is 5.64. The number of hydrogen-bond acceptors (Lipinski definition) is 4. The van der Waals surface area contributed by atoms with E-state index in [-0.39, 0.29) is 12.4 Å². The summed E-state index contributed by atoms with van der Waals surface area (Å²) in [6.45, 7) is 6.18. The van der Waals surface area contributed by atoms with Crippen molar-refractivity contribution >= 4 is 18.1 Å². The van der Waals surface area contributed by atoms with Gasteiger partial charge in [0.2, 0.25) is 0 Å². The van der Waals surface area contributed by atoms with E-state index in [1.807, 2.05) is 6.92 Å². The number of anilines is 1. The molecule has 3 rings (SSSR count). The SMILES string of the molecule is CCOCc1ccc(NC2CCCC2C2COCCN2)cc1.Cl. The van der Waals surface area contributed by atoms with Crippen LogP contribution >= 0.6 is 12.4 Å². The van der Waals surface area contributed by atoms with Crippen molar-refractivity contribution < 1.29 is 9.47 Å². The molecule has 3 atom stereocenters. The average molecular weight is 341 g/mol. The van der Waals surface area contributed by atoms with E-state index in [4.69, 9.17) is 9.47 Å². The molecule has 1 saturated heterocycles.